The maximum absolute atomic E-state index is 12.5. The number of aliphatic carboxylic acids is 2. The molecule has 6 nitrogen and oxygen atoms in total. The summed E-state index contributed by atoms with van der Waals surface area (Å²) >= 11 is 0. The molecule has 122 valence electrons. The van der Waals surface area contributed by atoms with Gasteiger partial charge in [-0.25, -0.2) is 0 Å². The smallest absolute Gasteiger partial charge is 0.315 e. The highest BCUT2D eigenvalue weighted by Crippen LogP contribution is 2.23. The van der Waals surface area contributed by atoms with Crippen LogP contribution in [-0.2, 0) is 9.59 Å². The quantitative estimate of drug-likeness (QED) is 0.596. The fourth-order valence-corrected chi connectivity index (χ4v) is 2.38. The van der Waals surface area contributed by atoms with Gasteiger partial charge in [0.25, 0.3) is 0 Å². The summed E-state index contributed by atoms with van der Waals surface area (Å²) in [6.45, 7) is 0. The molecule has 0 saturated carbocycles. The zero-order chi connectivity index (χ0) is 17.7. The van der Waals surface area contributed by atoms with Gasteiger partial charge in [0, 0.05) is 11.1 Å². The van der Waals surface area contributed by atoms with E-state index < -0.39 is 35.3 Å². The van der Waals surface area contributed by atoms with Gasteiger partial charge in [-0.1, -0.05) is 60.7 Å². The van der Waals surface area contributed by atoms with Crippen LogP contribution in [0, 0.1) is 11.8 Å². The van der Waals surface area contributed by atoms with Crippen molar-refractivity contribution in [3.8, 4) is 0 Å². The minimum Gasteiger partial charge on any atom is -0.481 e. The second-order valence-electron chi connectivity index (χ2n) is 5.09. The third-order valence-electron chi connectivity index (χ3n) is 3.55. The van der Waals surface area contributed by atoms with Crippen molar-refractivity contribution < 1.29 is 29.4 Å². The van der Waals surface area contributed by atoms with Crippen LogP contribution in [0.2, 0.25) is 0 Å². The molecule has 0 bridgehead atoms. The maximum Gasteiger partial charge on any atom is 0.315 e. The summed E-state index contributed by atoms with van der Waals surface area (Å²) in [7, 11) is 0. The van der Waals surface area contributed by atoms with E-state index in [0.717, 1.165) is 0 Å². The van der Waals surface area contributed by atoms with Crippen molar-refractivity contribution in [3.05, 3.63) is 71.8 Å². The highest BCUT2D eigenvalue weighted by atomic mass is 16.4. The van der Waals surface area contributed by atoms with Gasteiger partial charge in [-0.05, 0) is 0 Å². The van der Waals surface area contributed by atoms with E-state index in [1.54, 1.807) is 12.1 Å². The van der Waals surface area contributed by atoms with Crippen LogP contribution in [0.1, 0.15) is 20.7 Å². The highest BCUT2D eigenvalue weighted by Gasteiger charge is 2.44. The fourth-order valence-electron chi connectivity index (χ4n) is 2.38. The van der Waals surface area contributed by atoms with Crippen LogP contribution in [0.4, 0.5) is 0 Å². The summed E-state index contributed by atoms with van der Waals surface area (Å²) in [4.78, 5) is 48.1. The van der Waals surface area contributed by atoms with Crippen molar-refractivity contribution in [2.24, 2.45) is 11.8 Å². The molecular weight excluding hydrogens is 312 g/mol. The molecule has 2 aromatic carbocycles. The number of carboxylic acids is 2. The Morgan fingerprint density at radius 3 is 1.12 bits per heavy atom. The molecule has 0 aliphatic rings. The lowest BCUT2D eigenvalue weighted by atomic mass is 9.81. The van der Waals surface area contributed by atoms with E-state index in [1.165, 1.54) is 48.5 Å². The third-order valence-corrected chi connectivity index (χ3v) is 3.55. The van der Waals surface area contributed by atoms with Crippen molar-refractivity contribution in [1.82, 2.24) is 0 Å². The molecule has 0 radical (unpaired) electrons. The molecule has 2 aromatic rings. The number of hydrogen-bond donors (Lipinski definition) is 2. The van der Waals surface area contributed by atoms with Crippen LogP contribution in [0.3, 0.4) is 0 Å². The molecule has 0 spiro atoms. The Hall–Kier alpha value is -3.28. The first-order valence-corrected chi connectivity index (χ1v) is 7.07. The van der Waals surface area contributed by atoms with Gasteiger partial charge >= 0.3 is 11.9 Å². The number of Topliss-reactive ketones (excluding diaryl/α,β-unsaturated/α-hetero) is 2. The Bertz CT molecular complexity index is 699. The normalized spacial score (nSPS) is 12.8. The molecule has 0 amide bonds. The third kappa shape index (κ3) is 3.55. The Kier molecular flexibility index (Phi) is 5.21. The van der Waals surface area contributed by atoms with Gasteiger partial charge < -0.3 is 10.2 Å². The highest BCUT2D eigenvalue weighted by molar-refractivity contribution is 6.18. The van der Waals surface area contributed by atoms with E-state index in [1.807, 2.05) is 0 Å². The summed E-state index contributed by atoms with van der Waals surface area (Å²) in [5.41, 5.74) is 0.0778. The van der Waals surface area contributed by atoms with E-state index in [9.17, 15) is 29.4 Å². The van der Waals surface area contributed by atoms with E-state index in [0.29, 0.717) is 0 Å². The molecule has 0 aliphatic heterocycles. The molecule has 0 aromatic heterocycles. The van der Waals surface area contributed by atoms with Gasteiger partial charge in [0.2, 0.25) is 0 Å². The van der Waals surface area contributed by atoms with Crippen LogP contribution in [0.15, 0.2) is 60.7 Å². The lowest BCUT2D eigenvalue weighted by Crippen LogP contribution is -2.40. The van der Waals surface area contributed by atoms with Gasteiger partial charge in [0.05, 0.1) is 0 Å². The first-order valence-electron chi connectivity index (χ1n) is 7.07. The minimum atomic E-state index is -2.00. The number of carbonyl (C=O) groups is 4. The average Bonchev–Trinajstić information content (AvgIpc) is 2.59. The second kappa shape index (κ2) is 7.32. The van der Waals surface area contributed by atoms with Gasteiger partial charge in [0.15, 0.2) is 11.6 Å². The standard InChI is InChI=1S/C18H14O6/c19-15(11-7-3-1-4-8-11)13(17(21)22)14(18(23)24)16(20)12-9-5-2-6-10-12/h1-10,13-14H,(H,21,22)(H,23,24)/t13-,14-/m0/s1. The van der Waals surface area contributed by atoms with E-state index in [2.05, 4.69) is 0 Å². The summed E-state index contributed by atoms with van der Waals surface area (Å²) in [6.07, 6.45) is 0. The molecule has 0 fully saturated rings. The van der Waals surface area contributed by atoms with Crippen LogP contribution in [-0.4, -0.2) is 33.7 Å². The zero-order valence-electron chi connectivity index (χ0n) is 12.5. The molecule has 0 unspecified atom stereocenters. The van der Waals surface area contributed by atoms with Crippen molar-refractivity contribution in [1.29, 1.82) is 0 Å². The van der Waals surface area contributed by atoms with Crippen molar-refractivity contribution >= 4 is 23.5 Å². The number of hydrogen-bond acceptors (Lipinski definition) is 4. The van der Waals surface area contributed by atoms with E-state index in [-0.39, 0.29) is 11.1 Å². The summed E-state index contributed by atoms with van der Waals surface area (Å²) < 4.78 is 0. The second-order valence-corrected chi connectivity index (χ2v) is 5.09. The van der Waals surface area contributed by atoms with Crippen LogP contribution >= 0.6 is 0 Å². The van der Waals surface area contributed by atoms with Crippen molar-refractivity contribution in [2.45, 2.75) is 0 Å². The number of ketones is 2. The molecular formula is C18H14O6. The van der Waals surface area contributed by atoms with Gasteiger partial charge in [-0.3, -0.25) is 19.2 Å². The van der Waals surface area contributed by atoms with Crippen molar-refractivity contribution in [2.75, 3.05) is 0 Å². The molecule has 24 heavy (non-hydrogen) atoms. The number of rotatable bonds is 7. The Balaban J connectivity index is 2.46. The van der Waals surface area contributed by atoms with Crippen molar-refractivity contribution in [3.63, 3.8) is 0 Å². The maximum atomic E-state index is 12.5. The van der Waals surface area contributed by atoms with Gasteiger partial charge in [0.1, 0.15) is 11.8 Å². The van der Waals surface area contributed by atoms with Gasteiger partial charge in [-0.2, -0.15) is 0 Å². The molecule has 2 N–H and O–H groups in total. The number of carboxylic acid groups (broad SMARTS) is 2. The Morgan fingerprint density at radius 1 is 0.583 bits per heavy atom. The molecule has 2 rings (SSSR count). The predicted octanol–water partition coefficient (Wildman–Crippen LogP) is 2.15. The molecule has 2 atom stereocenters. The largest absolute Gasteiger partial charge is 0.481 e. The lowest BCUT2D eigenvalue weighted by molar-refractivity contribution is -0.149. The van der Waals surface area contributed by atoms with Gasteiger partial charge in [-0.15, -0.1) is 0 Å². The van der Waals surface area contributed by atoms with Crippen LogP contribution < -0.4 is 0 Å². The summed E-state index contributed by atoms with van der Waals surface area (Å²) in [6, 6.07) is 14.9. The molecule has 0 aliphatic carbocycles. The average molecular weight is 326 g/mol. The first kappa shape index (κ1) is 17.1. The summed E-state index contributed by atoms with van der Waals surface area (Å²) in [5, 5.41) is 18.8. The molecule has 0 saturated heterocycles. The molecule has 0 heterocycles. The molecule has 6 heteroatoms. The number of benzene rings is 2. The predicted molar refractivity (Wildman–Crippen MR) is 83.8 cm³/mol. The lowest BCUT2D eigenvalue weighted by Gasteiger charge is -2.18. The van der Waals surface area contributed by atoms with Crippen LogP contribution in [0.5, 0.6) is 0 Å². The fraction of sp³-hybridized carbons (Fsp3) is 0.111. The summed E-state index contributed by atoms with van der Waals surface area (Å²) in [5.74, 6) is -9.14. The monoisotopic (exact) mass is 326 g/mol. The minimum absolute atomic E-state index is 0.0389. The van der Waals surface area contributed by atoms with E-state index in [4.69, 9.17) is 0 Å². The van der Waals surface area contributed by atoms with E-state index >= 15 is 0 Å². The Morgan fingerprint density at radius 2 is 0.875 bits per heavy atom. The Labute approximate surface area is 137 Å². The topological polar surface area (TPSA) is 109 Å². The zero-order valence-corrected chi connectivity index (χ0v) is 12.5. The van der Waals surface area contributed by atoms with Crippen LogP contribution in [0.25, 0.3) is 0 Å². The number of carbonyl (C=O) groups excluding carboxylic acids is 2. The first-order chi connectivity index (χ1) is 11.4. The SMILES string of the molecule is O=C(O)[C@H](C(=O)c1ccccc1)[C@H](C(=O)O)C(=O)c1ccccc1.